The average Bonchev–Trinajstić information content (AvgIpc) is 2.98. The van der Waals surface area contributed by atoms with Crippen molar-refractivity contribution in [1.29, 1.82) is 0 Å². The van der Waals surface area contributed by atoms with Gasteiger partial charge in [-0.2, -0.15) is 8.42 Å². The molecule has 0 atom stereocenters. The summed E-state index contributed by atoms with van der Waals surface area (Å²) in [5, 5.41) is 2.20. The summed E-state index contributed by atoms with van der Waals surface area (Å²) in [6, 6.07) is 14.8. The zero-order valence-electron chi connectivity index (χ0n) is 23.6. The molecule has 0 aromatic heterocycles. The fourth-order valence-electron chi connectivity index (χ4n) is 4.09. The van der Waals surface area contributed by atoms with E-state index >= 15 is 0 Å². The Kier molecular flexibility index (Phi) is 10.3. The molecule has 0 saturated carbocycles. The van der Waals surface area contributed by atoms with E-state index < -0.39 is 28.0 Å². The van der Waals surface area contributed by atoms with Crippen LogP contribution in [0, 0.1) is 3.57 Å². The normalized spacial score (nSPS) is 14.5. The molecule has 3 aromatic rings. The summed E-state index contributed by atoms with van der Waals surface area (Å²) in [5.41, 5.74) is 0.632. The van der Waals surface area contributed by atoms with E-state index in [9.17, 15) is 22.8 Å². The Labute approximate surface area is 263 Å². The van der Waals surface area contributed by atoms with Crippen LogP contribution in [0.1, 0.15) is 31.4 Å². The highest BCUT2D eigenvalue weighted by atomic mass is 127. The first-order valence-electron chi connectivity index (χ1n) is 13.2. The van der Waals surface area contributed by atoms with Crippen LogP contribution in [0.2, 0.25) is 0 Å². The summed E-state index contributed by atoms with van der Waals surface area (Å²) in [4.78, 5) is 39.7. The molecule has 1 heterocycles. The fourth-order valence-corrected chi connectivity index (χ4v) is 5.95. The van der Waals surface area contributed by atoms with Gasteiger partial charge in [-0.25, -0.2) is 4.79 Å². The van der Waals surface area contributed by atoms with Gasteiger partial charge in [-0.1, -0.05) is 31.2 Å². The maximum atomic E-state index is 13.4. The van der Waals surface area contributed by atoms with E-state index in [1.807, 2.05) is 36.4 Å². The lowest BCUT2D eigenvalue weighted by Gasteiger charge is -2.26. The van der Waals surface area contributed by atoms with Gasteiger partial charge < -0.3 is 18.4 Å². The summed E-state index contributed by atoms with van der Waals surface area (Å²) in [7, 11) is -2.83. The van der Waals surface area contributed by atoms with Gasteiger partial charge in [-0.05, 0) is 89.5 Å². The van der Waals surface area contributed by atoms with Crippen LogP contribution in [0.5, 0.6) is 23.0 Å². The maximum absolute atomic E-state index is 13.4. The monoisotopic (exact) mass is 720 g/mol. The summed E-state index contributed by atoms with van der Waals surface area (Å²) >= 11 is 1.87. The molecular formula is C30H29IN2O9S. The lowest BCUT2D eigenvalue weighted by molar-refractivity contribution is -0.130. The Morgan fingerprint density at radius 2 is 1.67 bits per heavy atom. The zero-order chi connectivity index (χ0) is 31.1. The third-order valence-electron chi connectivity index (χ3n) is 6.08. The molecule has 3 aromatic carbocycles. The van der Waals surface area contributed by atoms with Crippen molar-refractivity contribution >= 4 is 56.6 Å². The molecule has 0 spiro atoms. The highest BCUT2D eigenvalue weighted by molar-refractivity contribution is 14.1. The van der Waals surface area contributed by atoms with Crippen LogP contribution < -0.4 is 23.7 Å². The van der Waals surface area contributed by atoms with Crippen molar-refractivity contribution in [3.63, 3.8) is 0 Å². The third-order valence-corrected chi connectivity index (χ3v) is 8.12. The number of urea groups is 1. The first-order chi connectivity index (χ1) is 20.6. The highest BCUT2D eigenvalue weighted by Crippen LogP contribution is 2.37. The largest absolute Gasteiger partial charge is 0.493 e. The van der Waals surface area contributed by atoms with E-state index in [0.29, 0.717) is 39.4 Å². The number of hydrogen-bond donors (Lipinski definition) is 1. The minimum absolute atomic E-state index is 0.0372. The zero-order valence-corrected chi connectivity index (χ0v) is 26.6. The molecule has 13 heteroatoms. The first kappa shape index (κ1) is 31.8. The SMILES string of the molecule is CCCOc1ccc(CN2C(=O)NC(=O)/C(=C\c3cc(I)c(OS(=O)(=O)c4ccccc4)c(OC)c3)C2=O)cc1OCC. The number of benzene rings is 3. The van der Waals surface area contributed by atoms with Gasteiger partial charge in [-0.3, -0.25) is 19.8 Å². The van der Waals surface area contributed by atoms with Crippen molar-refractivity contribution in [3.8, 4) is 23.0 Å². The smallest absolute Gasteiger partial charge is 0.339 e. The Morgan fingerprint density at radius 1 is 0.930 bits per heavy atom. The second-order valence-electron chi connectivity index (χ2n) is 9.16. The molecule has 1 saturated heterocycles. The van der Waals surface area contributed by atoms with Gasteiger partial charge in [-0.15, -0.1) is 0 Å². The maximum Gasteiger partial charge on any atom is 0.339 e. The lowest BCUT2D eigenvalue weighted by Crippen LogP contribution is -2.53. The van der Waals surface area contributed by atoms with Crippen LogP contribution in [0.3, 0.4) is 0 Å². The molecule has 0 aliphatic carbocycles. The molecular weight excluding hydrogens is 691 g/mol. The molecule has 0 unspecified atom stereocenters. The second kappa shape index (κ2) is 13.9. The van der Waals surface area contributed by atoms with Crippen molar-refractivity contribution in [2.75, 3.05) is 20.3 Å². The molecule has 0 bridgehead atoms. The van der Waals surface area contributed by atoms with Gasteiger partial charge in [0.25, 0.3) is 11.8 Å². The lowest BCUT2D eigenvalue weighted by atomic mass is 10.1. The molecule has 11 nitrogen and oxygen atoms in total. The van der Waals surface area contributed by atoms with E-state index in [1.54, 1.807) is 36.4 Å². The number of nitrogens with one attached hydrogen (secondary N) is 1. The van der Waals surface area contributed by atoms with Gasteiger partial charge in [0.05, 0.1) is 30.4 Å². The molecule has 1 N–H and O–H groups in total. The Hall–Kier alpha value is -4.11. The predicted molar refractivity (Wildman–Crippen MR) is 165 cm³/mol. The van der Waals surface area contributed by atoms with Gasteiger partial charge >= 0.3 is 16.1 Å². The first-order valence-corrected chi connectivity index (χ1v) is 15.7. The average molecular weight is 721 g/mol. The molecule has 4 rings (SSSR count). The molecule has 0 radical (unpaired) electrons. The van der Waals surface area contributed by atoms with E-state index in [-0.39, 0.29) is 28.5 Å². The summed E-state index contributed by atoms with van der Waals surface area (Å²) in [5.74, 6) is -0.649. The molecule has 1 aliphatic rings. The van der Waals surface area contributed by atoms with Gasteiger partial charge in [0.15, 0.2) is 23.0 Å². The van der Waals surface area contributed by atoms with Crippen LogP contribution >= 0.6 is 22.6 Å². The Morgan fingerprint density at radius 3 is 2.35 bits per heavy atom. The van der Waals surface area contributed by atoms with E-state index in [1.165, 1.54) is 37.5 Å². The van der Waals surface area contributed by atoms with Gasteiger partial charge in [0.2, 0.25) is 0 Å². The van der Waals surface area contributed by atoms with Crippen molar-refractivity contribution in [3.05, 3.63) is 80.9 Å². The Bertz CT molecular complexity index is 1670. The van der Waals surface area contributed by atoms with E-state index in [0.717, 1.165) is 11.3 Å². The fraction of sp³-hybridized carbons (Fsp3) is 0.233. The highest BCUT2D eigenvalue weighted by Gasteiger charge is 2.36. The van der Waals surface area contributed by atoms with Crippen LogP contribution in [0.25, 0.3) is 6.08 Å². The number of amides is 4. The number of carbonyl (C=O) groups is 3. The number of rotatable bonds is 12. The number of hydrogen-bond acceptors (Lipinski definition) is 9. The number of barbiturate groups is 1. The number of ether oxygens (including phenoxy) is 3. The molecule has 226 valence electrons. The third kappa shape index (κ3) is 7.46. The summed E-state index contributed by atoms with van der Waals surface area (Å²) in [6.45, 7) is 4.58. The second-order valence-corrected chi connectivity index (χ2v) is 11.9. The topological polar surface area (TPSA) is 138 Å². The van der Waals surface area contributed by atoms with Crippen LogP contribution in [0.4, 0.5) is 4.79 Å². The van der Waals surface area contributed by atoms with Gasteiger partial charge in [0, 0.05) is 0 Å². The standard InChI is InChI=1S/C30H29IN2O9S/c1-4-13-41-24-12-11-19(16-25(24)40-5-2)18-33-29(35)22(28(34)32-30(33)36)14-20-15-23(31)27(26(17-20)39-3)42-43(37,38)21-9-7-6-8-10-21/h6-12,14-17H,4-5,13,18H2,1-3H3,(H,32,34,36)/b22-14+. The number of nitrogens with zero attached hydrogens (tertiary/aromatic N) is 1. The summed E-state index contributed by atoms with van der Waals surface area (Å²) in [6.07, 6.45) is 2.11. The van der Waals surface area contributed by atoms with Gasteiger partial charge in [0.1, 0.15) is 10.5 Å². The summed E-state index contributed by atoms with van der Waals surface area (Å²) < 4.78 is 48.1. The van der Waals surface area contributed by atoms with E-state index in [4.69, 9.17) is 18.4 Å². The van der Waals surface area contributed by atoms with Crippen molar-refractivity contribution < 1.29 is 41.2 Å². The Balaban J connectivity index is 1.62. The minimum Gasteiger partial charge on any atom is -0.493 e. The molecule has 4 amide bonds. The van der Waals surface area contributed by atoms with Crippen molar-refractivity contribution in [1.82, 2.24) is 10.2 Å². The van der Waals surface area contributed by atoms with E-state index in [2.05, 4.69) is 5.32 Å². The van der Waals surface area contributed by atoms with Crippen LogP contribution in [-0.4, -0.2) is 51.5 Å². The predicted octanol–water partition coefficient (Wildman–Crippen LogP) is 4.92. The molecule has 43 heavy (non-hydrogen) atoms. The quantitative estimate of drug-likeness (QED) is 0.120. The van der Waals surface area contributed by atoms with Crippen LogP contribution in [0.15, 0.2) is 71.1 Å². The van der Waals surface area contributed by atoms with Crippen molar-refractivity contribution in [2.45, 2.75) is 31.7 Å². The molecule has 1 aliphatic heterocycles. The van der Waals surface area contributed by atoms with Crippen molar-refractivity contribution in [2.24, 2.45) is 0 Å². The number of carbonyl (C=O) groups excluding carboxylic acids is 3. The number of halogens is 1. The number of methoxy groups -OCH3 is 1. The minimum atomic E-state index is -4.16. The number of imide groups is 2. The molecule has 1 fully saturated rings. The van der Waals surface area contributed by atoms with Crippen LogP contribution in [-0.2, 0) is 26.3 Å².